The number of anilines is 2. The molecule has 10 heteroatoms. The maximum absolute atomic E-state index is 12.6. The van der Waals surface area contributed by atoms with Crippen LogP contribution in [0.4, 0.5) is 24.8 Å². The minimum Gasteiger partial charge on any atom is -0.484 e. The van der Waals surface area contributed by atoms with Crippen molar-refractivity contribution in [3.63, 3.8) is 0 Å². The van der Waals surface area contributed by atoms with E-state index in [1.165, 1.54) is 24.3 Å². The average molecular weight is 531 g/mol. The zero-order valence-corrected chi connectivity index (χ0v) is 21.8. The number of carbonyl (C=O) groups is 1. The third-order valence-corrected chi connectivity index (χ3v) is 7.05. The van der Waals surface area contributed by atoms with Crippen molar-refractivity contribution in [1.82, 2.24) is 14.9 Å². The fraction of sp³-hybridized carbons (Fsp3) is 0.500. The van der Waals surface area contributed by atoms with Crippen LogP contribution in [0.2, 0.25) is 0 Å². The van der Waals surface area contributed by atoms with Crippen molar-refractivity contribution in [3.05, 3.63) is 42.5 Å². The predicted octanol–water partition coefficient (Wildman–Crippen LogP) is 6.72. The molecule has 3 aromatic rings. The first-order chi connectivity index (χ1) is 17.9. The van der Waals surface area contributed by atoms with E-state index in [9.17, 15) is 18.0 Å². The number of nitrogens with zero attached hydrogens (tertiary/aromatic N) is 2. The Balaban J connectivity index is 1.43. The molecule has 1 heterocycles. The molecule has 2 fully saturated rings. The number of nitrogens with one attached hydrogen (secondary N) is 2. The summed E-state index contributed by atoms with van der Waals surface area (Å²) in [6.45, 7) is 6.76. The number of rotatable bonds is 8. The Morgan fingerprint density at radius 3 is 2.47 bits per heavy atom. The van der Waals surface area contributed by atoms with Crippen LogP contribution >= 0.6 is 0 Å². The highest BCUT2D eigenvalue weighted by Gasteiger charge is 2.35. The van der Waals surface area contributed by atoms with Crippen molar-refractivity contribution < 1.29 is 27.4 Å². The number of alkyl halides is 3. The smallest absolute Gasteiger partial charge is 0.484 e. The molecule has 0 saturated heterocycles. The molecule has 2 N–H and O–H groups in total. The Hall–Kier alpha value is -3.43. The minimum atomic E-state index is -4.74. The quantitative estimate of drug-likeness (QED) is 0.338. The molecule has 0 radical (unpaired) electrons. The van der Waals surface area contributed by atoms with Gasteiger partial charge in [-0.05, 0) is 79.8 Å². The van der Waals surface area contributed by atoms with Crippen molar-refractivity contribution in [2.24, 2.45) is 11.3 Å². The summed E-state index contributed by atoms with van der Waals surface area (Å²) < 4.78 is 49.6. The van der Waals surface area contributed by atoms with Crippen LogP contribution in [0.25, 0.3) is 11.0 Å². The second-order valence-electron chi connectivity index (χ2n) is 11.4. The molecule has 2 saturated carbocycles. The average Bonchev–Trinajstić information content (AvgIpc) is 3.54. The van der Waals surface area contributed by atoms with Gasteiger partial charge in [-0.1, -0.05) is 20.8 Å². The first-order valence-corrected chi connectivity index (χ1v) is 13.0. The molecule has 1 amide bonds. The third kappa shape index (κ3) is 6.52. The van der Waals surface area contributed by atoms with Gasteiger partial charge in [-0.15, -0.1) is 13.2 Å². The van der Waals surface area contributed by atoms with Crippen LogP contribution in [0.3, 0.4) is 0 Å². The van der Waals surface area contributed by atoms with E-state index in [2.05, 4.69) is 40.7 Å². The molecule has 2 atom stereocenters. The van der Waals surface area contributed by atoms with Gasteiger partial charge >= 0.3 is 6.36 Å². The summed E-state index contributed by atoms with van der Waals surface area (Å²) in [7, 11) is 0. The van der Waals surface area contributed by atoms with Gasteiger partial charge in [-0.25, -0.2) is 4.98 Å². The van der Waals surface area contributed by atoms with Gasteiger partial charge in [-0.3, -0.25) is 4.79 Å². The molecule has 2 aromatic carbocycles. The second-order valence-corrected chi connectivity index (χ2v) is 11.4. The van der Waals surface area contributed by atoms with Gasteiger partial charge in [0.1, 0.15) is 11.5 Å². The van der Waals surface area contributed by atoms with Crippen LogP contribution in [0.1, 0.15) is 58.9 Å². The summed E-state index contributed by atoms with van der Waals surface area (Å²) in [4.78, 5) is 16.9. The molecule has 0 spiro atoms. The lowest BCUT2D eigenvalue weighted by Crippen LogP contribution is -2.30. The lowest BCUT2D eigenvalue weighted by molar-refractivity contribution is -0.274. The number of carbonyl (C=O) groups excluding carboxylic acids is 1. The number of aromatic nitrogens is 2. The fourth-order valence-corrected chi connectivity index (χ4v) is 5.63. The van der Waals surface area contributed by atoms with E-state index in [0.717, 1.165) is 37.6 Å². The lowest BCUT2D eigenvalue weighted by Gasteiger charge is -2.40. The van der Waals surface area contributed by atoms with E-state index in [1.54, 1.807) is 0 Å². The fourth-order valence-electron chi connectivity index (χ4n) is 5.63. The van der Waals surface area contributed by atoms with Crippen LogP contribution in [-0.4, -0.2) is 34.5 Å². The highest BCUT2D eigenvalue weighted by Crippen LogP contribution is 2.46. The number of halogens is 3. The van der Waals surface area contributed by atoms with E-state index in [4.69, 9.17) is 9.72 Å². The maximum atomic E-state index is 12.6. The summed E-state index contributed by atoms with van der Waals surface area (Å²) in [5.41, 5.74) is 2.38. The zero-order chi connectivity index (χ0) is 27.1. The van der Waals surface area contributed by atoms with E-state index in [-0.39, 0.29) is 35.8 Å². The number of ether oxygens (including phenoxy) is 2. The molecule has 0 bridgehead atoms. The molecule has 0 unspecified atom stereocenters. The summed E-state index contributed by atoms with van der Waals surface area (Å²) in [6, 6.07) is 11.7. The molecule has 0 aliphatic heterocycles. The number of benzene rings is 2. The molecule has 1 aromatic heterocycles. The van der Waals surface area contributed by atoms with Crippen molar-refractivity contribution >= 4 is 28.6 Å². The van der Waals surface area contributed by atoms with Gasteiger partial charge in [0.25, 0.3) is 5.91 Å². The Bertz CT molecular complexity index is 1300. The van der Waals surface area contributed by atoms with E-state index in [0.29, 0.717) is 28.8 Å². The maximum Gasteiger partial charge on any atom is 0.573 e. The van der Waals surface area contributed by atoms with Crippen LogP contribution in [0, 0.1) is 11.3 Å². The minimum absolute atomic E-state index is 0.0610. The van der Waals surface area contributed by atoms with Crippen molar-refractivity contribution in [2.45, 2.75) is 71.3 Å². The topological polar surface area (TPSA) is 77.4 Å². The Morgan fingerprint density at radius 2 is 1.82 bits per heavy atom. The van der Waals surface area contributed by atoms with Crippen LogP contribution < -0.4 is 20.1 Å². The van der Waals surface area contributed by atoms with Gasteiger partial charge in [-0.2, -0.15) is 0 Å². The molecule has 5 rings (SSSR count). The molecular weight excluding hydrogens is 497 g/mol. The van der Waals surface area contributed by atoms with Crippen molar-refractivity contribution in [3.8, 4) is 11.5 Å². The number of imidazole rings is 1. The zero-order valence-electron chi connectivity index (χ0n) is 21.8. The first kappa shape index (κ1) is 26.2. The number of fused-ring (bicyclic) bond motifs is 1. The van der Waals surface area contributed by atoms with Gasteiger partial charge in [0.15, 0.2) is 6.61 Å². The highest BCUT2D eigenvalue weighted by molar-refractivity contribution is 5.82. The van der Waals surface area contributed by atoms with Gasteiger partial charge in [0, 0.05) is 23.8 Å². The molecule has 204 valence electrons. The van der Waals surface area contributed by atoms with Crippen molar-refractivity contribution in [1.29, 1.82) is 0 Å². The van der Waals surface area contributed by atoms with Crippen LogP contribution in [-0.2, 0) is 4.79 Å². The number of hydrogen-bond donors (Lipinski definition) is 2. The van der Waals surface area contributed by atoms with Crippen LogP contribution in [0.5, 0.6) is 11.5 Å². The lowest BCUT2D eigenvalue weighted by atomic mass is 9.70. The normalized spacial score (nSPS) is 21.2. The number of hydrogen-bond acceptors (Lipinski definition) is 5. The number of amides is 1. The largest absolute Gasteiger partial charge is 0.573 e. The summed E-state index contributed by atoms with van der Waals surface area (Å²) in [5.74, 6) is 1.25. The summed E-state index contributed by atoms with van der Waals surface area (Å²) in [6.07, 6.45) is 0.377. The van der Waals surface area contributed by atoms with Crippen molar-refractivity contribution in [2.75, 3.05) is 11.9 Å². The first-order valence-electron chi connectivity index (χ1n) is 13.0. The van der Waals surface area contributed by atoms with E-state index in [1.807, 2.05) is 18.2 Å². The standard InChI is InChI=1S/C28H33F3N4O3/c1-17-12-20(15-27(2,3)14-17)35-24-11-10-22(37-16-25(36)32-18-4-5-18)13-23(24)34-26(35)33-19-6-8-21(9-7-19)38-28(29,30)31/h6-11,13,17-18,20H,4-5,12,14-16H2,1-3H3,(H,32,36)(H,33,34)/t17-,20-/m1/s1. The third-order valence-electron chi connectivity index (χ3n) is 7.05. The van der Waals surface area contributed by atoms with Gasteiger partial charge in [0.05, 0.1) is 11.0 Å². The van der Waals surface area contributed by atoms with E-state index < -0.39 is 6.36 Å². The molecule has 2 aliphatic rings. The molecular formula is C28H33F3N4O3. The monoisotopic (exact) mass is 530 g/mol. The summed E-state index contributed by atoms with van der Waals surface area (Å²) >= 11 is 0. The van der Waals surface area contributed by atoms with Gasteiger partial charge < -0.3 is 24.7 Å². The SMILES string of the molecule is C[C@@H]1C[C@@H](n2c(Nc3ccc(OC(F)(F)F)cc3)nc3cc(OCC(=O)NC4CC4)ccc32)CC(C)(C)C1. The Labute approximate surface area is 219 Å². The summed E-state index contributed by atoms with van der Waals surface area (Å²) in [5, 5.41) is 6.21. The van der Waals surface area contributed by atoms with E-state index >= 15 is 0 Å². The second kappa shape index (κ2) is 10.0. The molecule has 38 heavy (non-hydrogen) atoms. The Kier molecular flexibility index (Phi) is 6.92. The molecule has 7 nitrogen and oxygen atoms in total. The van der Waals surface area contributed by atoms with Crippen LogP contribution in [0.15, 0.2) is 42.5 Å². The molecule has 2 aliphatic carbocycles. The predicted molar refractivity (Wildman–Crippen MR) is 139 cm³/mol. The van der Waals surface area contributed by atoms with Gasteiger partial charge in [0.2, 0.25) is 5.95 Å². The Morgan fingerprint density at radius 1 is 1.11 bits per heavy atom. The highest BCUT2D eigenvalue weighted by atomic mass is 19.4.